The highest BCUT2D eigenvalue weighted by Gasteiger charge is 2.30. The minimum atomic E-state index is -1.20. The number of oxazole rings is 1. The van der Waals surface area contributed by atoms with Gasteiger partial charge in [0.05, 0.1) is 28.9 Å². The van der Waals surface area contributed by atoms with Gasteiger partial charge in [-0.3, -0.25) is 9.48 Å². The Labute approximate surface area is 147 Å². The van der Waals surface area contributed by atoms with Crippen LogP contribution in [0, 0.1) is 0 Å². The van der Waals surface area contributed by atoms with Crippen molar-refractivity contribution in [1.82, 2.24) is 14.8 Å². The molecule has 0 aliphatic carbocycles. The van der Waals surface area contributed by atoms with Crippen LogP contribution in [0.4, 0.5) is 5.69 Å². The molecule has 0 atom stereocenters. The Balaban J connectivity index is 1.64. The fourth-order valence-corrected chi connectivity index (χ4v) is 2.72. The maximum Gasteiger partial charge on any atom is 0.331 e. The number of nitrogens with one attached hydrogen (secondary N) is 1. The first kappa shape index (κ1) is 16.9. The summed E-state index contributed by atoms with van der Waals surface area (Å²) < 4.78 is 6.66. The number of hydrogen-bond acceptors (Lipinski definition) is 6. The highest BCUT2D eigenvalue weighted by Crippen LogP contribution is 2.24. The van der Waals surface area contributed by atoms with Gasteiger partial charge in [0, 0.05) is 6.20 Å². The molecule has 0 saturated heterocycles. The van der Waals surface area contributed by atoms with E-state index in [4.69, 9.17) is 4.42 Å². The van der Waals surface area contributed by atoms with Crippen LogP contribution in [-0.4, -0.2) is 31.7 Å². The number of anilines is 1. The van der Waals surface area contributed by atoms with E-state index in [1.165, 1.54) is 48.5 Å². The molecule has 3 rings (SSSR count). The second-order valence-corrected chi connectivity index (χ2v) is 6.83. The zero-order valence-electron chi connectivity index (χ0n) is 13.6. The fraction of sp³-hybridized carbons (Fsp3) is 0.250. The summed E-state index contributed by atoms with van der Waals surface area (Å²) in [5.41, 5.74) is -0.273. The number of carboxylic acids is 1. The van der Waals surface area contributed by atoms with Crippen LogP contribution >= 0.6 is 11.3 Å². The monoisotopic (exact) mass is 360 g/mol. The van der Waals surface area contributed by atoms with E-state index in [0.29, 0.717) is 17.3 Å². The Kier molecular flexibility index (Phi) is 4.41. The Morgan fingerprint density at radius 2 is 2.24 bits per heavy atom. The van der Waals surface area contributed by atoms with Crippen LogP contribution in [0.5, 0.6) is 0 Å². The number of thiophene rings is 1. The Morgan fingerprint density at radius 1 is 1.44 bits per heavy atom. The normalized spacial score (nSPS) is 11.4. The van der Waals surface area contributed by atoms with Crippen LogP contribution in [0.1, 0.15) is 19.5 Å². The van der Waals surface area contributed by atoms with Gasteiger partial charge >= 0.3 is 5.97 Å². The topological polar surface area (TPSA) is 110 Å². The van der Waals surface area contributed by atoms with Crippen LogP contribution in [0.15, 0.2) is 40.6 Å². The van der Waals surface area contributed by atoms with Crippen LogP contribution in [0.3, 0.4) is 0 Å². The third-order valence-electron chi connectivity index (χ3n) is 3.59. The van der Waals surface area contributed by atoms with Gasteiger partial charge in [0.25, 0.3) is 0 Å². The van der Waals surface area contributed by atoms with Gasteiger partial charge in [-0.2, -0.15) is 5.10 Å². The van der Waals surface area contributed by atoms with E-state index in [1.54, 1.807) is 0 Å². The first-order valence-electron chi connectivity index (χ1n) is 7.43. The number of aromatic nitrogens is 3. The van der Waals surface area contributed by atoms with E-state index < -0.39 is 11.5 Å². The molecule has 0 radical (unpaired) electrons. The molecule has 8 nitrogen and oxygen atoms in total. The number of carboxylic acid groups (broad SMARTS) is 1. The first-order chi connectivity index (χ1) is 11.9. The molecule has 0 spiro atoms. The summed E-state index contributed by atoms with van der Waals surface area (Å²) >= 11 is 1.50. The van der Waals surface area contributed by atoms with Gasteiger partial charge in [-0.05, 0) is 25.3 Å². The van der Waals surface area contributed by atoms with Gasteiger partial charge < -0.3 is 14.8 Å². The zero-order valence-corrected chi connectivity index (χ0v) is 14.4. The van der Waals surface area contributed by atoms with Gasteiger partial charge in [0.1, 0.15) is 6.26 Å². The summed E-state index contributed by atoms with van der Waals surface area (Å²) in [4.78, 5) is 28.5. The maximum absolute atomic E-state index is 12.1. The van der Waals surface area contributed by atoms with Crippen molar-refractivity contribution in [2.45, 2.75) is 25.8 Å². The van der Waals surface area contributed by atoms with Crippen LogP contribution < -0.4 is 5.32 Å². The minimum Gasteiger partial charge on any atom is -0.479 e. The molecule has 3 heterocycles. The number of hydrogen-bond donors (Lipinski definition) is 2. The molecule has 3 aromatic heterocycles. The highest BCUT2D eigenvalue weighted by molar-refractivity contribution is 7.13. The Bertz CT molecular complexity index is 895. The van der Waals surface area contributed by atoms with Crippen molar-refractivity contribution >= 4 is 28.9 Å². The number of rotatable bonds is 6. The molecule has 130 valence electrons. The lowest BCUT2D eigenvalue weighted by atomic mass is 10.1. The molecule has 0 unspecified atom stereocenters. The third kappa shape index (κ3) is 3.61. The van der Waals surface area contributed by atoms with Crippen molar-refractivity contribution in [3.8, 4) is 10.8 Å². The molecule has 9 heteroatoms. The summed E-state index contributed by atoms with van der Waals surface area (Å²) in [7, 11) is 0. The molecule has 0 fully saturated rings. The predicted molar refractivity (Wildman–Crippen MR) is 91.3 cm³/mol. The van der Waals surface area contributed by atoms with Gasteiger partial charge in [-0.1, -0.05) is 6.07 Å². The van der Waals surface area contributed by atoms with E-state index in [9.17, 15) is 14.7 Å². The molecule has 0 aliphatic rings. The molecule has 0 bridgehead atoms. The smallest absolute Gasteiger partial charge is 0.331 e. The fourth-order valence-electron chi connectivity index (χ4n) is 2.06. The summed E-state index contributed by atoms with van der Waals surface area (Å²) in [5, 5.41) is 17.8. The molecular weight excluding hydrogens is 344 g/mol. The molecule has 2 N–H and O–H groups in total. The number of carbonyl (C=O) groups excluding carboxylic acids is 1. The molecule has 0 aliphatic heterocycles. The van der Waals surface area contributed by atoms with Crippen molar-refractivity contribution in [2.24, 2.45) is 0 Å². The summed E-state index contributed by atoms with van der Waals surface area (Å²) in [6.45, 7) is 3.05. The van der Waals surface area contributed by atoms with Crippen molar-refractivity contribution < 1.29 is 19.1 Å². The lowest BCUT2D eigenvalue weighted by Gasteiger charge is -2.19. The van der Waals surface area contributed by atoms with Gasteiger partial charge in [-0.25, -0.2) is 9.78 Å². The summed E-state index contributed by atoms with van der Waals surface area (Å²) in [6.07, 6.45) is 4.38. The van der Waals surface area contributed by atoms with E-state index in [0.717, 1.165) is 4.88 Å². The predicted octanol–water partition coefficient (Wildman–Crippen LogP) is 2.60. The Morgan fingerprint density at radius 3 is 2.92 bits per heavy atom. The average molecular weight is 360 g/mol. The van der Waals surface area contributed by atoms with Crippen molar-refractivity contribution in [1.29, 1.82) is 0 Å². The van der Waals surface area contributed by atoms with Crippen LogP contribution in [-0.2, 0) is 21.5 Å². The lowest BCUT2D eigenvalue weighted by molar-refractivity contribution is -0.146. The molecule has 25 heavy (non-hydrogen) atoms. The molecular formula is C16H16N4O4S. The molecule has 3 aromatic rings. The number of aliphatic carboxylic acids is 1. The van der Waals surface area contributed by atoms with E-state index in [1.807, 2.05) is 17.5 Å². The summed E-state index contributed by atoms with van der Waals surface area (Å²) in [6, 6.07) is 3.78. The maximum atomic E-state index is 12.1. The second-order valence-electron chi connectivity index (χ2n) is 5.88. The number of nitrogens with zero attached hydrogens (tertiary/aromatic N) is 3. The SMILES string of the molecule is CC(C)(C(=O)O)n1cc(NC(=O)Cc2coc(-c3cccs3)n2)cn1. The van der Waals surface area contributed by atoms with Gasteiger partial charge in [-0.15, -0.1) is 11.3 Å². The number of amides is 1. The standard InChI is InChI=1S/C16H16N4O4S/c1-16(2,15(22)23)20-8-11(7-17-20)18-13(21)6-10-9-24-14(19-10)12-4-3-5-25-12/h3-5,7-9H,6H2,1-2H3,(H,18,21)(H,22,23). The lowest BCUT2D eigenvalue weighted by Crippen LogP contribution is -2.35. The van der Waals surface area contributed by atoms with Crippen LogP contribution in [0.2, 0.25) is 0 Å². The van der Waals surface area contributed by atoms with Crippen molar-refractivity contribution in [2.75, 3.05) is 5.32 Å². The highest BCUT2D eigenvalue weighted by atomic mass is 32.1. The quantitative estimate of drug-likeness (QED) is 0.699. The van der Waals surface area contributed by atoms with E-state index >= 15 is 0 Å². The first-order valence-corrected chi connectivity index (χ1v) is 8.31. The third-order valence-corrected chi connectivity index (χ3v) is 4.45. The van der Waals surface area contributed by atoms with Crippen molar-refractivity contribution in [3.63, 3.8) is 0 Å². The summed E-state index contributed by atoms with van der Waals surface area (Å²) in [5.74, 6) is -0.829. The number of carbonyl (C=O) groups is 2. The molecule has 0 aromatic carbocycles. The zero-order chi connectivity index (χ0) is 18.0. The van der Waals surface area contributed by atoms with E-state index in [-0.39, 0.29) is 12.3 Å². The second kappa shape index (κ2) is 6.52. The Hall–Kier alpha value is -2.94. The van der Waals surface area contributed by atoms with Crippen LogP contribution in [0.25, 0.3) is 10.8 Å². The van der Waals surface area contributed by atoms with Gasteiger partial charge in [0.15, 0.2) is 5.54 Å². The van der Waals surface area contributed by atoms with Crippen molar-refractivity contribution in [3.05, 3.63) is 41.9 Å². The molecule has 0 saturated carbocycles. The van der Waals surface area contributed by atoms with Gasteiger partial charge in [0.2, 0.25) is 11.8 Å². The average Bonchev–Trinajstić information content (AvgIpc) is 3.27. The van der Waals surface area contributed by atoms with E-state index in [2.05, 4.69) is 15.4 Å². The largest absolute Gasteiger partial charge is 0.479 e. The minimum absolute atomic E-state index is 0.0440. The molecule has 1 amide bonds.